The average Bonchev–Trinajstić information content (AvgIpc) is 2.70. The highest BCUT2D eigenvalue weighted by atomic mass is 16.5. The molecule has 1 aromatic carbocycles. The Kier molecular flexibility index (Phi) is 15.3. The molecular weight excluding hydrogens is 370 g/mol. The third-order valence-electron chi connectivity index (χ3n) is 4.38. The maximum absolute atomic E-state index is 12.0. The predicted octanol–water partition coefficient (Wildman–Crippen LogP) is 2.27. The monoisotopic (exact) mass is 409 g/mol. The minimum atomic E-state index is -0.0122. The summed E-state index contributed by atoms with van der Waals surface area (Å²) in [7, 11) is 1.94. The van der Waals surface area contributed by atoms with Gasteiger partial charge in [-0.25, -0.2) is 0 Å². The molecule has 0 heterocycles. The van der Waals surface area contributed by atoms with Crippen LogP contribution in [0.4, 0.5) is 5.69 Å². The maximum Gasteiger partial charge on any atom is 0.238 e. The van der Waals surface area contributed by atoms with E-state index in [1.807, 2.05) is 39.1 Å². The van der Waals surface area contributed by atoms with E-state index >= 15 is 0 Å². The molecule has 0 saturated heterocycles. The van der Waals surface area contributed by atoms with Crippen LogP contribution in [0.25, 0.3) is 0 Å². The first kappa shape index (κ1) is 25.5. The van der Waals surface area contributed by atoms with E-state index in [-0.39, 0.29) is 5.91 Å². The number of benzene rings is 1. The summed E-state index contributed by atoms with van der Waals surface area (Å²) in [6.45, 7) is 10.0. The molecule has 0 fully saturated rings. The van der Waals surface area contributed by atoms with Gasteiger partial charge in [0.05, 0.1) is 33.0 Å². The molecule has 166 valence electrons. The van der Waals surface area contributed by atoms with Crippen LogP contribution in [0.5, 0.6) is 0 Å². The van der Waals surface area contributed by atoms with Gasteiger partial charge < -0.3 is 30.2 Å². The van der Waals surface area contributed by atoms with E-state index in [2.05, 4.69) is 16.0 Å². The summed E-state index contributed by atoms with van der Waals surface area (Å²) in [5.41, 5.74) is 3.07. The van der Waals surface area contributed by atoms with E-state index < -0.39 is 0 Å². The van der Waals surface area contributed by atoms with Gasteiger partial charge in [0.1, 0.15) is 0 Å². The topological polar surface area (TPSA) is 80.8 Å². The van der Waals surface area contributed by atoms with Crippen LogP contribution < -0.4 is 16.0 Å². The lowest BCUT2D eigenvalue weighted by molar-refractivity contribution is -0.115. The molecule has 7 heteroatoms. The SMILES string of the molecule is CNCCCOCCOCCOCCCCNCC(=O)Nc1c(C)cccc1C. The fraction of sp³-hybridized carbons (Fsp3) is 0.682. The number of carbonyl (C=O) groups excluding carboxylic acids is 1. The van der Waals surface area contributed by atoms with E-state index in [0.29, 0.717) is 39.6 Å². The van der Waals surface area contributed by atoms with Crippen molar-refractivity contribution in [3.63, 3.8) is 0 Å². The first-order valence-corrected chi connectivity index (χ1v) is 10.6. The standard InChI is InChI=1S/C22H39N3O4/c1-19-8-6-9-20(2)22(19)25-21(26)18-24-11-4-5-12-27-14-16-29-17-15-28-13-7-10-23-3/h6,8-9,23-24H,4-5,7,10-18H2,1-3H3,(H,25,26). The lowest BCUT2D eigenvalue weighted by atomic mass is 10.1. The highest BCUT2D eigenvalue weighted by Crippen LogP contribution is 2.18. The maximum atomic E-state index is 12.0. The number of anilines is 1. The summed E-state index contributed by atoms with van der Waals surface area (Å²) in [6, 6.07) is 6.00. The Hall–Kier alpha value is -1.51. The van der Waals surface area contributed by atoms with E-state index in [4.69, 9.17) is 14.2 Å². The zero-order valence-electron chi connectivity index (χ0n) is 18.4. The van der Waals surface area contributed by atoms with Gasteiger partial charge in [0, 0.05) is 18.9 Å². The van der Waals surface area contributed by atoms with Crippen molar-refractivity contribution in [2.45, 2.75) is 33.1 Å². The van der Waals surface area contributed by atoms with Crippen LogP contribution in [-0.2, 0) is 19.0 Å². The molecule has 0 radical (unpaired) electrons. The Balaban J connectivity index is 1.86. The molecule has 1 rings (SSSR count). The third-order valence-corrected chi connectivity index (χ3v) is 4.38. The van der Waals surface area contributed by atoms with Gasteiger partial charge in [-0.2, -0.15) is 0 Å². The van der Waals surface area contributed by atoms with Crippen molar-refractivity contribution < 1.29 is 19.0 Å². The highest BCUT2D eigenvalue weighted by molar-refractivity contribution is 5.93. The molecule has 0 atom stereocenters. The van der Waals surface area contributed by atoms with Crippen molar-refractivity contribution in [2.75, 3.05) is 71.6 Å². The molecule has 29 heavy (non-hydrogen) atoms. The van der Waals surface area contributed by atoms with Crippen LogP contribution in [0.1, 0.15) is 30.4 Å². The molecule has 1 aromatic rings. The van der Waals surface area contributed by atoms with Gasteiger partial charge in [0.2, 0.25) is 5.91 Å². The van der Waals surface area contributed by atoms with Crippen LogP contribution in [-0.4, -0.2) is 72.2 Å². The minimum Gasteiger partial charge on any atom is -0.379 e. The lowest BCUT2D eigenvalue weighted by Crippen LogP contribution is -2.29. The summed E-state index contributed by atoms with van der Waals surface area (Å²) in [4.78, 5) is 12.0. The lowest BCUT2D eigenvalue weighted by Gasteiger charge is -2.12. The summed E-state index contributed by atoms with van der Waals surface area (Å²) < 4.78 is 16.4. The molecule has 0 spiro atoms. The molecule has 0 saturated carbocycles. The van der Waals surface area contributed by atoms with Crippen molar-refractivity contribution in [1.29, 1.82) is 0 Å². The van der Waals surface area contributed by atoms with Crippen molar-refractivity contribution in [3.05, 3.63) is 29.3 Å². The van der Waals surface area contributed by atoms with Gasteiger partial charge >= 0.3 is 0 Å². The Morgan fingerprint density at radius 2 is 1.41 bits per heavy atom. The fourth-order valence-corrected chi connectivity index (χ4v) is 2.74. The van der Waals surface area contributed by atoms with Crippen LogP contribution in [0.3, 0.4) is 0 Å². The third kappa shape index (κ3) is 13.4. The number of carbonyl (C=O) groups is 1. The molecule has 0 aliphatic heterocycles. The second-order valence-corrected chi connectivity index (χ2v) is 6.99. The summed E-state index contributed by atoms with van der Waals surface area (Å²) >= 11 is 0. The predicted molar refractivity (Wildman–Crippen MR) is 118 cm³/mol. The molecule has 1 amide bonds. The van der Waals surface area contributed by atoms with Crippen LogP contribution >= 0.6 is 0 Å². The molecule has 0 aromatic heterocycles. The average molecular weight is 410 g/mol. The Morgan fingerprint density at radius 1 is 0.828 bits per heavy atom. The van der Waals surface area contributed by atoms with Crippen molar-refractivity contribution in [1.82, 2.24) is 10.6 Å². The number of nitrogens with one attached hydrogen (secondary N) is 3. The second-order valence-electron chi connectivity index (χ2n) is 6.99. The number of hydrogen-bond acceptors (Lipinski definition) is 6. The fourth-order valence-electron chi connectivity index (χ4n) is 2.74. The van der Waals surface area contributed by atoms with Crippen LogP contribution in [0, 0.1) is 13.8 Å². The molecule has 0 bridgehead atoms. The Labute approximate surface area is 175 Å². The normalized spacial score (nSPS) is 11.0. The first-order valence-electron chi connectivity index (χ1n) is 10.6. The number of unbranched alkanes of at least 4 members (excludes halogenated alkanes) is 1. The molecule has 7 nitrogen and oxygen atoms in total. The van der Waals surface area contributed by atoms with Gasteiger partial charge in [0.25, 0.3) is 0 Å². The van der Waals surface area contributed by atoms with E-state index in [1.165, 1.54) is 0 Å². The highest BCUT2D eigenvalue weighted by Gasteiger charge is 2.06. The molecule has 3 N–H and O–H groups in total. The minimum absolute atomic E-state index is 0.0122. The smallest absolute Gasteiger partial charge is 0.238 e. The van der Waals surface area contributed by atoms with Crippen molar-refractivity contribution >= 4 is 11.6 Å². The zero-order chi connectivity index (χ0) is 21.2. The van der Waals surface area contributed by atoms with E-state index in [0.717, 1.165) is 55.8 Å². The van der Waals surface area contributed by atoms with Gasteiger partial charge in [-0.3, -0.25) is 4.79 Å². The molecular formula is C22H39N3O4. The quantitative estimate of drug-likeness (QED) is 0.323. The Morgan fingerprint density at radius 3 is 2.03 bits per heavy atom. The largest absolute Gasteiger partial charge is 0.379 e. The molecule has 0 aliphatic rings. The molecule has 0 aliphatic carbocycles. The van der Waals surface area contributed by atoms with Gasteiger partial charge in [-0.1, -0.05) is 18.2 Å². The van der Waals surface area contributed by atoms with Gasteiger partial charge in [0.15, 0.2) is 0 Å². The van der Waals surface area contributed by atoms with Crippen molar-refractivity contribution in [2.24, 2.45) is 0 Å². The number of aryl methyl sites for hydroxylation is 2. The number of hydrogen-bond donors (Lipinski definition) is 3. The summed E-state index contributed by atoms with van der Waals surface area (Å²) in [6.07, 6.45) is 2.95. The first-order chi connectivity index (χ1) is 14.1. The van der Waals surface area contributed by atoms with Crippen LogP contribution in [0.15, 0.2) is 18.2 Å². The number of rotatable bonds is 18. The number of ether oxygens (including phenoxy) is 3. The summed E-state index contributed by atoms with van der Waals surface area (Å²) in [5, 5.41) is 9.24. The van der Waals surface area contributed by atoms with E-state index in [9.17, 15) is 4.79 Å². The van der Waals surface area contributed by atoms with E-state index in [1.54, 1.807) is 0 Å². The van der Waals surface area contributed by atoms with Gasteiger partial charge in [-0.15, -0.1) is 0 Å². The Bertz CT molecular complexity index is 535. The molecule has 0 unspecified atom stereocenters. The second kappa shape index (κ2) is 17.4. The van der Waals surface area contributed by atoms with Gasteiger partial charge in [-0.05, 0) is 64.4 Å². The number of para-hydroxylation sites is 1. The summed E-state index contributed by atoms with van der Waals surface area (Å²) in [5.74, 6) is -0.0122. The number of amides is 1. The van der Waals surface area contributed by atoms with Crippen LogP contribution in [0.2, 0.25) is 0 Å². The van der Waals surface area contributed by atoms with Crippen molar-refractivity contribution in [3.8, 4) is 0 Å². The zero-order valence-corrected chi connectivity index (χ0v) is 18.4.